The van der Waals surface area contributed by atoms with Gasteiger partial charge in [0.15, 0.2) is 0 Å². The number of aryl methyl sites for hydroxylation is 1. The summed E-state index contributed by atoms with van der Waals surface area (Å²) in [4.78, 5) is 17.0. The van der Waals surface area contributed by atoms with E-state index in [0.29, 0.717) is 6.42 Å². The number of fused-ring (bicyclic) bond motifs is 1. The minimum atomic E-state index is 0.269. The molecule has 0 aliphatic carbocycles. The van der Waals surface area contributed by atoms with Crippen LogP contribution in [0.25, 0.3) is 10.8 Å². The zero-order valence-corrected chi connectivity index (χ0v) is 15.0. The Balaban J connectivity index is 1.31. The molecule has 3 nitrogen and oxygen atoms in total. The van der Waals surface area contributed by atoms with Gasteiger partial charge < -0.3 is 9.80 Å². The van der Waals surface area contributed by atoms with Gasteiger partial charge in [-0.25, -0.2) is 0 Å². The predicted octanol–water partition coefficient (Wildman–Crippen LogP) is 4.12. The number of para-hydroxylation sites is 1. The van der Waals surface area contributed by atoms with E-state index < -0.39 is 0 Å². The molecule has 3 aromatic carbocycles. The Labute approximate surface area is 154 Å². The van der Waals surface area contributed by atoms with Crippen LogP contribution in [-0.4, -0.2) is 37.0 Å². The number of carbonyl (C=O) groups is 1. The molecule has 0 aromatic heterocycles. The molecule has 3 aromatic rings. The number of piperazine rings is 1. The highest BCUT2D eigenvalue weighted by molar-refractivity contribution is 5.83. The summed E-state index contributed by atoms with van der Waals surface area (Å²) in [5.41, 5.74) is 2.48. The molecule has 0 N–H and O–H groups in total. The second-order valence-corrected chi connectivity index (χ2v) is 6.88. The summed E-state index contributed by atoms with van der Waals surface area (Å²) < 4.78 is 0. The summed E-state index contributed by atoms with van der Waals surface area (Å²) in [5.74, 6) is 0.269. The van der Waals surface area contributed by atoms with Crippen LogP contribution in [0.1, 0.15) is 12.0 Å². The van der Waals surface area contributed by atoms with Gasteiger partial charge in [0.2, 0.25) is 5.91 Å². The Hall–Kier alpha value is -2.81. The zero-order chi connectivity index (χ0) is 17.8. The van der Waals surface area contributed by atoms with Crippen LogP contribution in [0.3, 0.4) is 0 Å². The summed E-state index contributed by atoms with van der Waals surface area (Å²) in [5, 5.41) is 2.49. The molecule has 3 heteroatoms. The molecule has 1 aliphatic rings. The molecule has 1 fully saturated rings. The number of amides is 1. The van der Waals surface area contributed by atoms with E-state index in [2.05, 4.69) is 71.6 Å². The van der Waals surface area contributed by atoms with E-state index in [4.69, 9.17) is 0 Å². The van der Waals surface area contributed by atoms with Gasteiger partial charge >= 0.3 is 0 Å². The topological polar surface area (TPSA) is 23.6 Å². The van der Waals surface area contributed by atoms with Crippen molar-refractivity contribution in [1.29, 1.82) is 0 Å². The van der Waals surface area contributed by atoms with E-state index in [1.807, 2.05) is 11.0 Å². The van der Waals surface area contributed by atoms with Crippen molar-refractivity contribution < 1.29 is 4.79 Å². The highest BCUT2D eigenvalue weighted by Gasteiger charge is 2.20. The average Bonchev–Trinajstić information content (AvgIpc) is 2.72. The van der Waals surface area contributed by atoms with Gasteiger partial charge in [-0.2, -0.15) is 0 Å². The normalized spacial score (nSPS) is 14.6. The Kier molecular flexibility index (Phi) is 4.87. The average molecular weight is 344 g/mol. The fourth-order valence-electron chi connectivity index (χ4n) is 3.66. The fraction of sp³-hybridized carbons (Fsp3) is 0.261. The molecule has 132 valence electrons. The van der Waals surface area contributed by atoms with Crippen LogP contribution in [0.5, 0.6) is 0 Å². The molecule has 0 radical (unpaired) electrons. The Morgan fingerprint density at radius 3 is 2.23 bits per heavy atom. The van der Waals surface area contributed by atoms with Crippen LogP contribution < -0.4 is 4.90 Å². The largest absolute Gasteiger partial charge is 0.368 e. The third kappa shape index (κ3) is 3.72. The fourth-order valence-corrected chi connectivity index (χ4v) is 3.66. The van der Waals surface area contributed by atoms with Crippen LogP contribution in [0.2, 0.25) is 0 Å². The summed E-state index contributed by atoms with van der Waals surface area (Å²) in [6, 6.07) is 25.3. The minimum absolute atomic E-state index is 0.269. The summed E-state index contributed by atoms with van der Waals surface area (Å²) in [7, 11) is 0. The van der Waals surface area contributed by atoms with Crippen LogP contribution in [0.4, 0.5) is 5.69 Å². The number of hydrogen-bond donors (Lipinski definition) is 0. The minimum Gasteiger partial charge on any atom is -0.368 e. The number of carbonyl (C=O) groups excluding carboxylic acids is 1. The molecule has 1 heterocycles. The Morgan fingerprint density at radius 1 is 0.769 bits per heavy atom. The molecule has 4 rings (SSSR count). The lowest BCUT2D eigenvalue weighted by Crippen LogP contribution is -2.48. The molecular formula is C23H24N2O. The van der Waals surface area contributed by atoms with Crippen molar-refractivity contribution >= 4 is 22.4 Å². The molecule has 0 bridgehead atoms. The maximum atomic E-state index is 12.6. The van der Waals surface area contributed by atoms with Gasteiger partial charge in [-0.15, -0.1) is 0 Å². The highest BCUT2D eigenvalue weighted by Crippen LogP contribution is 2.18. The van der Waals surface area contributed by atoms with Gasteiger partial charge in [0.05, 0.1) is 0 Å². The van der Waals surface area contributed by atoms with Crippen molar-refractivity contribution in [2.75, 3.05) is 31.1 Å². The van der Waals surface area contributed by atoms with Crippen LogP contribution in [0.15, 0.2) is 72.8 Å². The van der Waals surface area contributed by atoms with Crippen LogP contribution >= 0.6 is 0 Å². The van der Waals surface area contributed by atoms with Crippen molar-refractivity contribution in [3.8, 4) is 0 Å². The predicted molar refractivity (Wildman–Crippen MR) is 108 cm³/mol. The third-order valence-corrected chi connectivity index (χ3v) is 5.20. The quantitative estimate of drug-likeness (QED) is 0.711. The molecule has 26 heavy (non-hydrogen) atoms. The summed E-state index contributed by atoms with van der Waals surface area (Å²) in [6.07, 6.45) is 1.40. The molecule has 1 amide bonds. The van der Waals surface area contributed by atoms with Crippen LogP contribution in [-0.2, 0) is 11.2 Å². The van der Waals surface area contributed by atoms with Crippen molar-refractivity contribution in [3.63, 3.8) is 0 Å². The van der Waals surface area contributed by atoms with E-state index in [-0.39, 0.29) is 5.91 Å². The Bertz CT molecular complexity index is 883. The Morgan fingerprint density at radius 2 is 1.46 bits per heavy atom. The van der Waals surface area contributed by atoms with Crippen molar-refractivity contribution in [2.45, 2.75) is 12.8 Å². The van der Waals surface area contributed by atoms with Gasteiger partial charge in [0.1, 0.15) is 0 Å². The monoisotopic (exact) mass is 344 g/mol. The number of nitrogens with zero attached hydrogens (tertiary/aromatic N) is 2. The van der Waals surface area contributed by atoms with Gasteiger partial charge in [0, 0.05) is 38.3 Å². The summed E-state index contributed by atoms with van der Waals surface area (Å²) in [6.45, 7) is 3.44. The number of hydrogen-bond acceptors (Lipinski definition) is 2. The van der Waals surface area contributed by atoms with E-state index >= 15 is 0 Å². The lowest BCUT2D eigenvalue weighted by molar-refractivity contribution is -0.131. The van der Waals surface area contributed by atoms with E-state index in [9.17, 15) is 4.79 Å². The molecule has 0 spiro atoms. The molecular weight excluding hydrogens is 320 g/mol. The molecule has 1 aliphatic heterocycles. The number of rotatable bonds is 4. The molecule has 1 saturated heterocycles. The van der Waals surface area contributed by atoms with Gasteiger partial charge in [-0.05, 0) is 34.9 Å². The standard InChI is InChI=1S/C23H24N2O/c26-23(13-11-19-10-12-20-6-4-5-7-21(20)18-19)25-16-14-24(15-17-25)22-8-2-1-3-9-22/h1-10,12,18H,11,13-17H2. The van der Waals surface area contributed by atoms with E-state index in [0.717, 1.165) is 32.6 Å². The second-order valence-electron chi connectivity index (χ2n) is 6.88. The smallest absolute Gasteiger partial charge is 0.223 e. The molecule has 0 atom stereocenters. The molecule has 0 saturated carbocycles. The maximum absolute atomic E-state index is 12.6. The number of benzene rings is 3. The first-order valence-electron chi connectivity index (χ1n) is 9.35. The zero-order valence-electron chi connectivity index (χ0n) is 15.0. The van der Waals surface area contributed by atoms with Gasteiger partial charge in [-0.1, -0.05) is 60.7 Å². The summed E-state index contributed by atoms with van der Waals surface area (Å²) >= 11 is 0. The van der Waals surface area contributed by atoms with Crippen molar-refractivity contribution in [1.82, 2.24) is 4.90 Å². The first-order valence-corrected chi connectivity index (χ1v) is 9.35. The maximum Gasteiger partial charge on any atom is 0.223 e. The second kappa shape index (κ2) is 7.61. The number of anilines is 1. The lowest BCUT2D eigenvalue weighted by atomic mass is 10.0. The van der Waals surface area contributed by atoms with Crippen molar-refractivity contribution in [3.05, 3.63) is 78.4 Å². The third-order valence-electron chi connectivity index (χ3n) is 5.20. The van der Waals surface area contributed by atoms with Crippen LogP contribution in [0, 0.1) is 0 Å². The first kappa shape index (κ1) is 16.6. The first-order chi connectivity index (χ1) is 12.8. The van der Waals surface area contributed by atoms with Crippen molar-refractivity contribution in [2.24, 2.45) is 0 Å². The lowest BCUT2D eigenvalue weighted by Gasteiger charge is -2.36. The van der Waals surface area contributed by atoms with E-state index in [1.54, 1.807) is 0 Å². The van der Waals surface area contributed by atoms with Gasteiger partial charge in [0.25, 0.3) is 0 Å². The van der Waals surface area contributed by atoms with Gasteiger partial charge in [-0.3, -0.25) is 4.79 Å². The highest BCUT2D eigenvalue weighted by atomic mass is 16.2. The molecule has 0 unspecified atom stereocenters. The van der Waals surface area contributed by atoms with E-state index in [1.165, 1.54) is 22.0 Å². The SMILES string of the molecule is O=C(CCc1ccc2ccccc2c1)N1CCN(c2ccccc2)CC1.